The molecule has 1 aliphatic heterocycles. The average molecular weight is 402 g/mol. The number of benzene rings is 3. The average Bonchev–Trinajstić information content (AvgIpc) is 3.08. The van der Waals surface area contributed by atoms with Gasteiger partial charge in [-0.2, -0.15) is 0 Å². The number of rotatable bonds is 2. The molecule has 0 spiro atoms. The smallest absolute Gasteiger partial charge is 0.201 e. The van der Waals surface area contributed by atoms with Gasteiger partial charge in [-0.1, -0.05) is 104 Å². The van der Waals surface area contributed by atoms with Gasteiger partial charge in [0.15, 0.2) is 6.20 Å². The Morgan fingerprint density at radius 2 is 1.32 bits per heavy atom. The molecule has 0 saturated carbocycles. The molecule has 0 atom stereocenters. The number of nitrogens with zero attached hydrogens (tertiary/aromatic N) is 1. The van der Waals surface area contributed by atoms with Crippen LogP contribution in [0.3, 0.4) is 0 Å². The normalized spacial score (nSPS) is 12.6. The highest BCUT2D eigenvalue weighted by Gasteiger charge is 2.33. The summed E-state index contributed by atoms with van der Waals surface area (Å²) in [6.45, 7) is 9.34. The zero-order chi connectivity index (χ0) is 21.8. The van der Waals surface area contributed by atoms with Crippen molar-refractivity contribution in [2.24, 2.45) is 7.05 Å². The number of hydrogen-bond donors (Lipinski definition) is 0. The van der Waals surface area contributed by atoms with E-state index in [0.29, 0.717) is 0 Å². The second-order valence-corrected chi connectivity index (χ2v) is 9.84. The fraction of sp³-hybridized carbons (Fsp3) is 0.207. The van der Waals surface area contributed by atoms with E-state index in [2.05, 4.69) is 124 Å². The molecule has 0 radical (unpaired) electrons. The van der Waals surface area contributed by atoms with Crippen LogP contribution in [0.1, 0.15) is 31.9 Å². The van der Waals surface area contributed by atoms with Gasteiger partial charge in [-0.3, -0.25) is 0 Å². The van der Waals surface area contributed by atoms with Crippen LogP contribution in [0.15, 0.2) is 85.1 Å². The largest absolute Gasteiger partial charge is 0.242 e. The van der Waals surface area contributed by atoms with Gasteiger partial charge < -0.3 is 0 Å². The Labute approximate surface area is 186 Å². The molecule has 0 bridgehead atoms. The molecule has 1 aliphatic rings. The van der Waals surface area contributed by atoms with Gasteiger partial charge in [0.1, 0.15) is 7.05 Å². The SMILES string of the molecule is Cc1ccc(B2c3ccccc3-c3ccccc32)cc1-c1cc(C(C)(C)C)cc[n+]1C. The van der Waals surface area contributed by atoms with Gasteiger partial charge in [0.25, 0.3) is 0 Å². The summed E-state index contributed by atoms with van der Waals surface area (Å²) in [4.78, 5) is 0. The van der Waals surface area contributed by atoms with Crippen LogP contribution in [-0.4, -0.2) is 6.71 Å². The summed E-state index contributed by atoms with van der Waals surface area (Å²) in [6.07, 6.45) is 2.20. The Balaban J connectivity index is 1.70. The first-order valence-electron chi connectivity index (χ1n) is 11.1. The molecule has 152 valence electrons. The first-order valence-corrected chi connectivity index (χ1v) is 11.1. The van der Waals surface area contributed by atoms with E-state index in [4.69, 9.17) is 0 Å². The fourth-order valence-electron chi connectivity index (χ4n) is 4.91. The lowest BCUT2D eigenvalue weighted by molar-refractivity contribution is -0.660. The van der Waals surface area contributed by atoms with Crippen molar-refractivity contribution in [2.75, 3.05) is 0 Å². The van der Waals surface area contributed by atoms with E-state index in [1.54, 1.807) is 0 Å². The van der Waals surface area contributed by atoms with Crippen molar-refractivity contribution in [1.29, 1.82) is 0 Å². The van der Waals surface area contributed by atoms with Crippen LogP contribution in [0, 0.1) is 6.92 Å². The van der Waals surface area contributed by atoms with Gasteiger partial charge in [-0.05, 0) is 34.6 Å². The van der Waals surface area contributed by atoms with E-state index in [1.807, 2.05) is 0 Å². The maximum Gasteiger partial charge on any atom is 0.242 e. The number of fused-ring (bicyclic) bond motifs is 3. The highest BCUT2D eigenvalue weighted by atomic mass is 14.9. The molecular weight excluding hydrogens is 373 g/mol. The van der Waals surface area contributed by atoms with Crippen LogP contribution < -0.4 is 21.0 Å². The standard InChI is InChI=1S/C29H29BN/c1-20-14-15-22(19-25(20)28-18-21(29(2,3)4)16-17-31(28)5)30-26-12-8-6-10-23(26)24-11-7-9-13-27(24)30/h6-19H,1-5H3/q+1. The van der Waals surface area contributed by atoms with E-state index in [9.17, 15) is 0 Å². The van der Waals surface area contributed by atoms with Crippen LogP contribution in [0.2, 0.25) is 0 Å². The molecule has 0 amide bonds. The van der Waals surface area contributed by atoms with Crippen molar-refractivity contribution in [1.82, 2.24) is 0 Å². The lowest BCUT2D eigenvalue weighted by Crippen LogP contribution is -2.49. The fourth-order valence-corrected chi connectivity index (χ4v) is 4.91. The van der Waals surface area contributed by atoms with Gasteiger partial charge in [0.2, 0.25) is 12.4 Å². The number of hydrogen-bond acceptors (Lipinski definition) is 0. The van der Waals surface area contributed by atoms with Crippen LogP contribution >= 0.6 is 0 Å². The molecule has 0 unspecified atom stereocenters. The van der Waals surface area contributed by atoms with Crippen molar-refractivity contribution in [3.8, 4) is 22.4 Å². The maximum atomic E-state index is 2.42. The second kappa shape index (κ2) is 7.23. The molecule has 1 nitrogen and oxygen atoms in total. The summed E-state index contributed by atoms with van der Waals surface area (Å²) in [5.41, 5.74) is 12.3. The van der Waals surface area contributed by atoms with Crippen LogP contribution in [-0.2, 0) is 12.5 Å². The predicted octanol–water partition coefficient (Wildman–Crippen LogP) is 4.28. The van der Waals surface area contributed by atoms with Gasteiger partial charge in [0.05, 0.1) is 0 Å². The third-order valence-electron chi connectivity index (χ3n) is 6.72. The summed E-state index contributed by atoms with van der Waals surface area (Å²) in [5, 5.41) is 0. The summed E-state index contributed by atoms with van der Waals surface area (Å²) in [5.74, 6) is 0. The van der Waals surface area contributed by atoms with Gasteiger partial charge >= 0.3 is 0 Å². The Morgan fingerprint density at radius 3 is 1.94 bits per heavy atom. The number of aryl methyl sites for hydroxylation is 2. The van der Waals surface area contributed by atoms with E-state index in [-0.39, 0.29) is 12.1 Å². The first kappa shape index (κ1) is 19.8. The van der Waals surface area contributed by atoms with E-state index < -0.39 is 0 Å². The van der Waals surface area contributed by atoms with Crippen molar-refractivity contribution in [3.63, 3.8) is 0 Å². The molecule has 4 aromatic rings. The van der Waals surface area contributed by atoms with Crippen LogP contribution in [0.5, 0.6) is 0 Å². The molecule has 0 aliphatic carbocycles. The lowest BCUT2D eigenvalue weighted by atomic mass is 9.39. The Hall–Kier alpha value is -3.13. The molecule has 3 aromatic carbocycles. The van der Waals surface area contributed by atoms with E-state index in [1.165, 1.54) is 49.9 Å². The van der Waals surface area contributed by atoms with E-state index in [0.717, 1.165) is 0 Å². The molecule has 31 heavy (non-hydrogen) atoms. The third kappa shape index (κ3) is 3.31. The summed E-state index contributed by atoms with van der Waals surface area (Å²) in [7, 11) is 2.15. The summed E-state index contributed by atoms with van der Waals surface area (Å²) in [6, 6.07) is 29.4. The van der Waals surface area contributed by atoms with Gasteiger partial charge in [-0.25, -0.2) is 4.57 Å². The van der Waals surface area contributed by atoms with Gasteiger partial charge in [-0.15, -0.1) is 0 Å². The van der Waals surface area contributed by atoms with Crippen LogP contribution in [0.25, 0.3) is 22.4 Å². The molecule has 0 N–H and O–H groups in total. The minimum atomic E-state index is 0.123. The Bertz CT molecular complexity index is 1250. The van der Waals surface area contributed by atoms with E-state index >= 15 is 0 Å². The highest BCUT2D eigenvalue weighted by molar-refractivity contribution is 6.99. The minimum Gasteiger partial charge on any atom is -0.201 e. The highest BCUT2D eigenvalue weighted by Crippen LogP contribution is 2.27. The monoisotopic (exact) mass is 402 g/mol. The van der Waals surface area contributed by atoms with Crippen molar-refractivity contribution < 1.29 is 4.57 Å². The first-order chi connectivity index (χ1) is 14.8. The van der Waals surface area contributed by atoms with Crippen molar-refractivity contribution in [3.05, 3.63) is 96.2 Å². The quantitative estimate of drug-likeness (QED) is 0.307. The topological polar surface area (TPSA) is 3.88 Å². The molecule has 1 aromatic heterocycles. The zero-order valence-electron chi connectivity index (χ0n) is 19.1. The third-order valence-corrected chi connectivity index (χ3v) is 6.72. The molecule has 2 heteroatoms. The molecule has 0 fully saturated rings. The van der Waals surface area contributed by atoms with Crippen molar-refractivity contribution in [2.45, 2.75) is 33.1 Å². The molecule has 2 heterocycles. The van der Waals surface area contributed by atoms with Gasteiger partial charge in [0, 0.05) is 17.7 Å². The van der Waals surface area contributed by atoms with Crippen molar-refractivity contribution >= 4 is 23.1 Å². The predicted molar refractivity (Wildman–Crippen MR) is 133 cm³/mol. The summed E-state index contributed by atoms with van der Waals surface area (Å²) >= 11 is 0. The second-order valence-electron chi connectivity index (χ2n) is 9.84. The van der Waals surface area contributed by atoms with Crippen LogP contribution in [0.4, 0.5) is 0 Å². The zero-order valence-corrected chi connectivity index (χ0v) is 19.1. The molecular formula is C29H29BN+. The molecule has 0 saturated heterocycles. The number of aromatic nitrogens is 1. The Kier molecular flexibility index (Phi) is 4.62. The maximum absolute atomic E-state index is 2.42. The lowest BCUT2D eigenvalue weighted by Gasteiger charge is -2.19. The molecule has 5 rings (SSSR count). The minimum absolute atomic E-state index is 0.123. The Morgan fingerprint density at radius 1 is 0.710 bits per heavy atom. The number of pyridine rings is 1. The summed E-state index contributed by atoms with van der Waals surface area (Å²) < 4.78 is 2.25.